The van der Waals surface area contributed by atoms with Crippen molar-refractivity contribution in [3.05, 3.63) is 53.6 Å². The molecule has 2 aromatic rings. The van der Waals surface area contributed by atoms with Crippen LogP contribution < -0.4 is 14.4 Å². The van der Waals surface area contributed by atoms with Crippen LogP contribution in [-0.4, -0.2) is 44.5 Å². The van der Waals surface area contributed by atoms with Crippen LogP contribution in [0.15, 0.2) is 53.4 Å². The number of sulfonamides is 1. The third-order valence-corrected chi connectivity index (χ3v) is 8.91. The van der Waals surface area contributed by atoms with Gasteiger partial charge in [-0.1, -0.05) is 36.6 Å². The van der Waals surface area contributed by atoms with E-state index in [0.29, 0.717) is 28.3 Å². The van der Waals surface area contributed by atoms with Crippen molar-refractivity contribution in [2.24, 2.45) is 0 Å². The Morgan fingerprint density at radius 1 is 1.13 bits per heavy atom. The monoisotopic (exact) mass is 480 g/mol. The van der Waals surface area contributed by atoms with E-state index in [2.05, 4.69) is 5.32 Å². The lowest BCUT2D eigenvalue weighted by Crippen LogP contribution is -2.51. The summed E-state index contributed by atoms with van der Waals surface area (Å²) in [4.78, 5) is 12.9. The van der Waals surface area contributed by atoms with Gasteiger partial charge in [0.05, 0.1) is 17.1 Å². The Balaban J connectivity index is 1.47. The summed E-state index contributed by atoms with van der Waals surface area (Å²) < 4.78 is 33.8. The Hall–Kier alpha value is -1.90. The van der Waals surface area contributed by atoms with Gasteiger partial charge in [-0.15, -0.1) is 0 Å². The topological polar surface area (TPSA) is 75.7 Å². The molecule has 0 bridgehead atoms. The maximum absolute atomic E-state index is 13.3. The number of halogens is 1. The molecule has 1 aliphatic heterocycles. The number of para-hydroxylation sites is 2. The highest BCUT2D eigenvalue weighted by molar-refractivity contribution is 7.99. The molecule has 0 spiro atoms. The van der Waals surface area contributed by atoms with Crippen LogP contribution in [0.3, 0.4) is 0 Å². The van der Waals surface area contributed by atoms with E-state index in [9.17, 15) is 13.2 Å². The van der Waals surface area contributed by atoms with Crippen molar-refractivity contribution in [3.8, 4) is 5.75 Å². The molecule has 1 heterocycles. The fraction of sp³-hybridized carbons (Fsp3) is 0.409. The van der Waals surface area contributed by atoms with Gasteiger partial charge in [0.1, 0.15) is 5.75 Å². The summed E-state index contributed by atoms with van der Waals surface area (Å²) in [6.07, 6.45) is 4.15. The van der Waals surface area contributed by atoms with Crippen LogP contribution in [0, 0.1) is 0 Å². The number of nitrogens with one attached hydrogen (secondary N) is 1. The van der Waals surface area contributed by atoms with Crippen LogP contribution in [0.4, 0.5) is 5.69 Å². The van der Waals surface area contributed by atoms with Gasteiger partial charge < -0.3 is 10.1 Å². The molecule has 0 aromatic heterocycles. The van der Waals surface area contributed by atoms with E-state index in [0.717, 1.165) is 5.75 Å². The molecule has 2 aliphatic rings. The Morgan fingerprint density at radius 2 is 1.84 bits per heavy atom. The van der Waals surface area contributed by atoms with Gasteiger partial charge in [-0.05, 0) is 49.2 Å². The zero-order valence-corrected chi connectivity index (χ0v) is 19.4. The van der Waals surface area contributed by atoms with Crippen LogP contribution in [-0.2, 0) is 14.8 Å². The second-order valence-electron chi connectivity index (χ2n) is 7.63. The highest BCUT2D eigenvalue weighted by Crippen LogP contribution is 2.37. The Morgan fingerprint density at radius 3 is 2.58 bits per heavy atom. The molecule has 0 unspecified atom stereocenters. The largest absolute Gasteiger partial charge is 0.476 e. The van der Waals surface area contributed by atoms with Gasteiger partial charge in [-0.25, -0.2) is 8.42 Å². The predicted octanol–water partition coefficient (Wildman–Crippen LogP) is 4.09. The maximum Gasteiger partial charge on any atom is 0.264 e. The number of carbonyl (C=O) groups excluding carboxylic acids is 1. The number of benzene rings is 2. The molecule has 166 valence electrons. The van der Waals surface area contributed by atoms with E-state index in [4.69, 9.17) is 16.3 Å². The molecule has 4 rings (SSSR count). The summed E-state index contributed by atoms with van der Waals surface area (Å²) in [5.74, 6) is 0.900. The standard InChI is InChI=1S/C22H25ClN2O4S2/c23-16-9-11-18(12-10-16)31(27,28)25-15-21(29-20-8-4-3-7-19(20)25)22(26)24-13-14-30-17-5-1-2-6-17/h3-4,7-12,17,21H,1-2,5-6,13-15H2,(H,24,26)/t21-/m0/s1. The second kappa shape index (κ2) is 9.71. The number of hydrogen-bond donors (Lipinski definition) is 1. The number of hydrogen-bond acceptors (Lipinski definition) is 5. The van der Waals surface area contributed by atoms with Crippen molar-refractivity contribution in [1.29, 1.82) is 0 Å². The molecule has 1 amide bonds. The lowest BCUT2D eigenvalue weighted by atomic mass is 10.2. The molecule has 1 atom stereocenters. The van der Waals surface area contributed by atoms with Gasteiger partial charge in [0.2, 0.25) is 0 Å². The van der Waals surface area contributed by atoms with Crippen molar-refractivity contribution in [3.63, 3.8) is 0 Å². The predicted molar refractivity (Wildman–Crippen MR) is 125 cm³/mol. The second-order valence-corrected chi connectivity index (χ2v) is 11.3. The lowest BCUT2D eigenvalue weighted by molar-refractivity contribution is -0.127. The molecule has 0 radical (unpaired) electrons. The minimum atomic E-state index is -3.88. The first-order valence-electron chi connectivity index (χ1n) is 10.4. The van der Waals surface area contributed by atoms with Crippen molar-refractivity contribution in [2.45, 2.75) is 41.9 Å². The van der Waals surface area contributed by atoms with Crippen molar-refractivity contribution in [1.82, 2.24) is 5.32 Å². The number of nitrogens with zero attached hydrogens (tertiary/aromatic N) is 1. The Bertz CT molecular complexity index is 1020. The van der Waals surface area contributed by atoms with E-state index in [-0.39, 0.29) is 17.3 Å². The molecule has 1 fully saturated rings. The number of ether oxygens (including phenoxy) is 1. The van der Waals surface area contributed by atoms with E-state index >= 15 is 0 Å². The fourth-order valence-corrected chi connectivity index (χ4v) is 6.69. The highest BCUT2D eigenvalue weighted by Gasteiger charge is 2.37. The highest BCUT2D eigenvalue weighted by atomic mass is 35.5. The summed E-state index contributed by atoms with van der Waals surface area (Å²) in [6.45, 7) is 0.439. The van der Waals surface area contributed by atoms with E-state index < -0.39 is 16.1 Å². The molecular weight excluding hydrogens is 456 g/mol. The molecule has 9 heteroatoms. The average molecular weight is 481 g/mol. The minimum Gasteiger partial charge on any atom is -0.476 e. The zero-order chi connectivity index (χ0) is 21.8. The van der Waals surface area contributed by atoms with Crippen LogP contribution in [0.2, 0.25) is 5.02 Å². The third-order valence-electron chi connectivity index (χ3n) is 5.49. The molecule has 1 saturated carbocycles. The summed E-state index contributed by atoms with van der Waals surface area (Å²) in [5, 5.41) is 4.05. The minimum absolute atomic E-state index is 0.0937. The zero-order valence-electron chi connectivity index (χ0n) is 17.0. The molecule has 1 aliphatic carbocycles. The van der Waals surface area contributed by atoms with Crippen molar-refractivity contribution in [2.75, 3.05) is 23.1 Å². The number of amides is 1. The first-order valence-corrected chi connectivity index (χ1v) is 13.2. The fourth-order valence-electron chi connectivity index (χ4n) is 3.87. The number of fused-ring (bicyclic) bond motifs is 1. The first-order chi connectivity index (χ1) is 14.9. The van der Waals surface area contributed by atoms with Gasteiger partial charge in [0.15, 0.2) is 6.10 Å². The molecule has 31 heavy (non-hydrogen) atoms. The number of carbonyl (C=O) groups is 1. The van der Waals surface area contributed by atoms with Gasteiger partial charge >= 0.3 is 0 Å². The van der Waals surface area contributed by atoms with Crippen LogP contribution in [0.5, 0.6) is 5.75 Å². The van der Waals surface area contributed by atoms with Gasteiger partial charge in [0, 0.05) is 22.6 Å². The molecule has 6 nitrogen and oxygen atoms in total. The summed E-state index contributed by atoms with van der Waals surface area (Å²) in [7, 11) is -3.88. The van der Waals surface area contributed by atoms with Gasteiger partial charge in [0.25, 0.3) is 15.9 Å². The number of anilines is 1. The van der Waals surface area contributed by atoms with Crippen molar-refractivity contribution < 1.29 is 17.9 Å². The third kappa shape index (κ3) is 5.13. The van der Waals surface area contributed by atoms with Gasteiger partial charge in [-0.2, -0.15) is 11.8 Å². The van der Waals surface area contributed by atoms with Crippen molar-refractivity contribution >= 4 is 45.0 Å². The normalized spacial score (nSPS) is 19.0. The quantitative estimate of drug-likeness (QED) is 0.604. The molecular formula is C22H25ClN2O4S2. The van der Waals surface area contributed by atoms with Crippen LogP contribution in [0.1, 0.15) is 25.7 Å². The van der Waals surface area contributed by atoms with E-state index in [1.165, 1.54) is 54.3 Å². The maximum atomic E-state index is 13.3. The molecule has 1 N–H and O–H groups in total. The Labute approximate surface area is 192 Å². The summed E-state index contributed by atoms with van der Waals surface area (Å²) in [6, 6.07) is 12.8. The molecule has 2 aromatic carbocycles. The van der Waals surface area contributed by atoms with E-state index in [1.807, 2.05) is 11.8 Å². The van der Waals surface area contributed by atoms with Crippen LogP contribution in [0.25, 0.3) is 0 Å². The Kier molecular flexibility index (Phi) is 6.99. The van der Waals surface area contributed by atoms with Gasteiger partial charge in [-0.3, -0.25) is 9.10 Å². The summed E-state index contributed by atoms with van der Waals surface area (Å²) >= 11 is 7.80. The smallest absolute Gasteiger partial charge is 0.264 e. The van der Waals surface area contributed by atoms with E-state index in [1.54, 1.807) is 24.3 Å². The SMILES string of the molecule is O=C(NCCSC1CCCC1)[C@@H]1CN(S(=O)(=O)c2ccc(Cl)cc2)c2ccccc2O1. The first kappa shape index (κ1) is 22.3. The van der Waals surface area contributed by atoms with Crippen LogP contribution >= 0.6 is 23.4 Å². The summed E-state index contributed by atoms with van der Waals surface area (Å²) in [5.41, 5.74) is 0.415. The molecule has 0 saturated heterocycles. The number of rotatable bonds is 7. The number of thioether (sulfide) groups is 1. The average Bonchev–Trinajstić information content (AvgIpc) is 3.29. The lowest BCUT2D eigenvalue weighted by Gasteiger charge is -2.34.